The molecule has 3 N–H and O–H groups in total. The Hall–Kier alpha value is -1.52. The van der Waals surface area contributed by atoms with Crippen LogP contribution < -0.4 is 5.73 Å². The SMILES string of the molecule is N=C(N)c1ccc(Sc2ccncc2)cc1Cl. The quantitative estimate of drug-likeness (QED) is 0.660. The van der Waals surface area contributed by atoms with Gasteiger partial charge in [0.1, 0.15) is 5.84 Å². The molecule has 17 heavy (non-hydrogen) atoms. The Morgan fingerprint density at radius 2 is 1.88 bits per heavy atom. The number of benzene rings is 1. The average molecular weight is 264 g/mol. The molecular formula is C12H10ClN3S. The van der Waals surface area contributed by atoms with Crippen LogP contribution >= 0.6 is 23.4 Å². The molecule has 5 heteroatoms. The summed E-state index contributed by atoms with van der Waals surface area (Å²) in [6, 6.07) is 9.32. The molecule has 0 aliphatic rings. The van der Waals surface area contributed by atoms with Gasteiger partial charge in [-0.05, 0) is 30.3 Å². The van der Waals surface area contributed by atoms with Gasteiger partial charge < -0.3 is 5.73 Å². The summed E-state index contributed by atoms with van der Waals surface area (Å²) in [4.78, 5) is 6.05. The van der Waals surface area contributed by atoms with Gasteiger partial charge in [-0.25, -0.2) is 0 Å². The van der Waals surface area contributed by atoms with Gasteiger partial charge in [-0.15, -0.1) is 0 Å². The molecule has 0 aliphatic carbocycles. The summed E-state index contributed by atoms with van der Waals surface area (Å²) in [5.41, 5.74) is 5.96. The molecule has 0 aliphatic heterocycles. The van der Waals surface area contributed by atoms with Gasteiger partial charge in [-0.1, -0.05) is 23.4 Å². The van der Waals surface area contributed by atoms with Crippen LogP contribution in [0.3, 0.4) is 0 Å². The first-order chi connectivity index (χ1) is 8.16. The molecule has 2 rings (SSSR count). The van der Waals surface area contributed by atoms with Crippen molar-refractivity contribution in [2.75, 3.05) is 0 Å². The largest absolute Gasteiger partial charge is 0.384 e. The van der Waals surface area contributed by atoms with Crippen molar-refractivity contribution < 1.29 is 0 Å². The van der Waals surface area contributed by atoms with Crippen LogP contribution in [0, 0.1) is 5.41 Å². The minimum atomic E-state index is -0.0181. The predicted octanol–water partition coefficient (Wildman–Crippen LogP) is 3.17. The highest BCUT2D eigenvalue weighted by Gasteiger charge is 2.05. The monoisotopic (exact) mass is 263 g/mol. The molecule has 0 radical (unpaired) electrons. The van der Waals surface area contributed by atoms with Crippen LogP contribution in [0.4, 0.5) is 0 Å². The Bertz CT molecular complexity index is 543. The van der Waals surface area contributed by atoms with Crippen LogP contribution in [0.25, 0.3) is 0 Å². The number of halogens is 1. The van der Waals surface area contributed by atoms with E-state index >= 15 is 0 Å². The van der Waals surface area contributed by atoms with Gasteiger partial charge in [-0.2, -0.15) is 0 Å². The van der Waals surface area contributed by atoms with Gasteiger partial charge >= 0.3 is 0 Å². The molecule has 0 bridgehead atoms. The number of rotatable bonds is 3. The molecule has 0 saturated carbocycles. The molecule has 2 aromatic rings. The minimum absolute atomic E-state index is 0.0181. The van der Waals surface area contributed by atoms with Gasteiger partial charge in [0.2, 0.25) is 0 Å². The lowest BCUT2D eigenvalue weighted by Gasteiger charge is -2.05. The lowest BCUT2D eigenvalue weighted by Crippen LogP contribution is -2.11. The van der Waals surface area contributed by atoms with E-state index in [1.54, 1.807) is 30.2 Å². The minimum Gasteiger partial charge on any atom is -0.384 e. The number of nitrogens with zero attached hydrogens (tertiary/aromatic N) is 1. The molecular weight excluding hydrogens is 254 g/mol. The van der Waals surface area contributed by atoms with Crippen molar-refractivity contribution in [2.45, 2.75) is 9.79 Å². The summed E-state index contributed by atoms with van der Waals surface area (Å²) in [5.74, 6) is -0.0181. The fourth-order valence-corrected chi connectivity index (χ4v) is 2.51. The highest BCUT2D eigenvalue weighted by molar-refractivity contribution is 7.99. The van der Waals surface area contributed by atoms with E-state index < -0.39 is 0 Å². The van der Waals surface area contributed by atoms with E-state index in [1.807, 2.05) is 24.3 Å². The van der Waals surface area contributed by atoms with Gasteiger partial charge in [0.25, 0.3) is 0 Å². The number of hydrogen-bond donors (Lipinski definition) is 2. The van der Waals surface area contributed by atoms with Crippen LogP contribution in [0.5, 0.6) is 0 Å². The van der Waals surface area contributed by atoms with Crippen molar-refractivity contribution in [3.05, 3.63) is 53.3 Å². The lowest BCUT2D eigenvalue weighted by atomic mass is 10.2. The zero-order chi connectivity index (χ0) is 12.3. The predicted molar refractivity (Wildman–Crippen MR) is 70.8 cm³/mol. The van der Waals surface area contributed by atoms with Crippen LogP contribution in [0.1, 0.15) is 5.56 Å². The number of aromatic nitrogens is 1. The van der Waals surface area contributed by atoms with Crippen LogP contribution in [0.15, 0.2) is 52.5 Å². The summed E-state index contributed by atoms with van der Waals surface area (Å²) < 4.78 is 0. The molecule has 0 spiro atoms. The average Bonchev–Trinajstić information content (AvgIpc) is 2.30. The number of nitrogen functional groups attached to an aromatic ring is 1. The fourth-order valence-electron chi connectivity index (χ4n) is 1.32. The second kappa shape index (κ2) is 5.21. The first-order valence-corrected chi connectivity index (χ1v) is 6.08. The third-order valence-electron chi connectivity index (χ3n) is 2.12. The summed E-state index contributed by atoms with van der Waals surface area (Å²) in [6.07, 6.45) is 3.49. The molecule has 3 nitrogen and oxygen atoms in total. The van der Waals surface area contributed by atoms with E-state index in [4.69, 9.17) is 22.7 Å². The molecule has 86 valence electrons. The van der Waals surface area contributed by atoms with Crippen molar-refractivity contribution >= 4 is 29.2 Å². The van der Waals surface area contributed by atoms with E-state index in [0.717, 1.165) is 9.79 Å². The first kappa shape index (κ1) is 12.0. The van der Waals surface area contributed by atoms with Crippen LogP contribution in [-0.4, -0.2) is 10.8 Å². The second-order valence-electron chi connectivity index (χ2n) is 3.34. The number of nitrogens with one attached hydrogen (secondary N) is 1. The van der Waals surface area contributed by atoms with Crippen molar-refractivity contribution in [2.24, 2.45) is 5.73 Å². The summed E-state index contributed by atoms with van der Waals surface area (Å²) in [5, 5.41) is 7.84. The molecule has 1 aromatic heterocycles. The Labute approximate surface area is 109 Å². The van der Waals surface area contributed by atoms with Gasteiger partial charge in [0.15, 0.2) is 0 Å². The van der Waals surface area contributed by atoms with E-state index in [-0.39, 0.29) is 5.84 Å². The number of amidine groups is 1. The third kappa shape index (κ3) is 2.99. The number of pyridine rings is 1. The Morgan fingerprint density at radius 3 is 2.47 bits per heavy atom. The number of hydrogen-bond acceptors (Lipinski definition) is 3. The highest BCUT2D eigenvalue weighted by atomic mass is 35.5. The standard InChI is InChI=1S/C12H10ClN3S/c13-11-7-9(1-2-10(11)12(14)15)17-8-3-5-16-6-4-8/h1-7H,(H3,14,15). The smallest absolute Gasteiger partial charge is 0.124 e. The third-order valence-corrected chi connectivity index (χ3v) is 3.43. The Balaban J connectivity index is 2.24. The van der Waals surface area contributed by atoms with Crippen LogP contribution in [0.2, 0.25) is 5.02 Å². The molecule has 0 saturated heterocycles. The molecule has 0 fully saturated rings. The van der Waals surface area contributed by atoms with E-state index in [0.29, 0.717) is 10.6 Å². The summed E-state index contributed by atoms with van der Waals surface area (Å²) >= 11 is 7.63. The maximum atomic E-state index is 7.35. The van der Waals surface area contributed by atoms with E-state index in [9.17, 15) is 0 Å². The lowest BCUT2D eigenvalue weighted by molar-refractivity contribution is 1.26. The Morgan fingerprint density at radius 1 is 1.18 bits per heavy atom. The highest BCUT2D eigenvalue weighted by Crippen LogP contribution is 2.30. The fraction of sp³-hybridized carbons (Fsp3) is 0. The maximum Gasteiger partial charge on any atom is 0.124 e. The van der Waals surface area contributed by atoms with Gasteiger partial charge in [-0.3, -0.25) is 10.4 Å². The van der Waals surface area contributed by atoms with Crippen molar-refractivity contribution in [1.29, 1.82) is 5.41 Å². The zero-order valence-corrected chi connectivity index (χ0v) is 10.4. The maximum absolute atomic E-state index is 7.35. The molecule has 0 amide bonds. The van der Waals surface area contributed by atoms with Crippen molar-refractivity contribution in [1.82, 2.24) is 4.98 Å². The van der Waals surface area contributed by atoms with E-state index in [2.05, 4.69) is 4.98 Å². The summed E-state index contributed by atoms with van der Waals surface area (Å²) in [6.45, 7) is 0. The van der Waals surface area contributed by atoms with Gasteiger partial charge in [0.05, 0.1) is 5.02 Å². The number of nitrogens with two attached hydrogens (primary N) is 1. The second-order valence-corrected chi connectivity index (χ2v) is 4.89. The first-order valence-electron chi connectivity index (χ1n) is 4.88. The topological polar surface area (TPSA) is 62.8 Å². The van der Waals surface area contributed by atoms with Crippen molar-refractivity contribution in [3.8, 4) is 0 Å². The van der Waals surface area contributed by atoms with Gasteiger partial charge in [0, 0.05) is 27.7 Å². The molecule has 0 atom stereocenters. The zero-order valence-electron chi connectivity index (χ0n) is 8.85. The summed E-state index contributed by atoms with van der Waals surface area (Å²) in [7, 11) is 0. The molecule has 1 heterocycles. The van der Waals surface area contributed by atoms with Crippen molar-refractivity contribution in [3.63, 3.8) is 0 Å². The molecule has 1 aromatic carbocycles. The molecule has 0 unspecified atom stereocenters. The normalized spacial score (nSPS) is 10.2. The van der Waals surface area contributed by atoms with Crippen LogP contribution in [-0.2, 0) is 0 Å². The Kier molecular flexibility index (Phi) is 3.66. The van der Waals surface area contributed by atoms with E-state index in [1.165, 1.54) is 0 Å².